The lowest BCUT2D eigenvalue weighted by Gasteiger charge is -2.10. The van der Waals surface area contributed by atoms with Crippen LogP contribution in [-0.4, -0.2) is 17.4 Å². The van der Waals surface area contributed by atoms with Crippen LogP contribution >= 0.6 is 11.6 Å². The normalized spacial score (nSPS) is 10.7. The number of nitrogens with two attached hydrogens (primary N) is 1. The second kappa shape index (κ2) is 6.45. The summed E-state index contributed by atoms with van der Waals surface area (Å²) in [4.78, 5) is 4.39. The van der Waals surface area contributed by atoms with Crippen molar-refractivity contribution >= 4 is 33.9 Å². The zero-order valence-electron chi connectivity index (χ0n) is 10.3. The van der Waals surface area contributed by atoms with Gasteiger partial charge in [-0.15, -0.1) is 11.6 Å². The van der Waals surface area contributed by atoms with Crippen molar-refractivity contribution in [3.05, 3.63) is 30.5 Å². The van der Waals surface area contributed by atoms with Gasteiger partial charge >= 0.3 is 0 Å². The predicted molar refractivity (Wildman–Crippen MR) is 79.2 cm³/mol. The van der Waals surface area contributed by atoms with Gasteiger partial charge < -0.3 is 11.1 Å². The molecule has 0 saturated carbocycles. The summed E-state index contributed by atoms with van der Waals surface area (Å²) in [6, 6.07) is 7.91. The number of nitrogens with zero attached hydrogens (tertiary/aromatic N) is 1. The summed E-state index contributed by atoms with van der Waals surface area (Å²) in [5, 5.41) is 4.34. The number of unbranched alkanes of at least 4 members (excludes halogenated alkanes) is 2. The van der Waals surface area contributed by atoms with Gasteiger partial charge in [0.2, 0.25) is 0 Å². The third-order valence-corrected chi connectivity index (χ3v) is 3.21. The molecule has 0 unspecified atom stereocenters. The number of fused-ring (bicyclic) bond motifs is 1. The molecule has 0 aliphatic heterocycles. The average molecular weight is 264 g/mol. The van der Waals surface area contributed by atoms with Crippen molar-refractivity contribution in [3.63, 3.8) is 0 Å². The van der Waals surface area contributed by atoms with Gasteiger partial charge in [-0.25, -0.2) is 0 Å². The fourth-order valence-electron chi connectivity index (χ4n) is 1.92. The Kier molecular flexibility index (Phi) is 4.65. The van der Waals surface area contributed by atoms with Crippen molar-refractivity contribution in [2.45, 2.75) is 19.3 Å². The minimum atomic E-state index is 0.736. The number of nitrogen functional groups attached to an aromatic ring is 1. The molecule has 3 N–H and O–H groups in total. The quantitative estimate of drug-likeness (QED) is 0.618. The fraction of sp³-hybridized carbons (Fsp3) is 0.357. The third kappa shape index (κ3) is 3.05. The number of aromatic nitrogens is 1. The predicted octanol–water partition coefficient (Wildman–Crippen LogP) is 3.64. The first kappa shape index (κ1) is 13.0. The molecule has 0 amide bonds. The van der Waals surface area contributed by atoms with Gasteiger partial charge in [0.15, 0.2) is 0 Å². The lowest BCUT2D eigenvalue weighted by Crippen LogP contribution is -2.05. The van der Waals surface area contributed by atoms with Crippen molar-refractivity contribution in [3.8, 4) is 0 Å². The van der Waals surface area contributed by atoms with E-state index in [4.69, 9.17) is 17.3 Å². The molecule has 96 valence electrons. The van der Waals surface area contributed by atoms with Crippen LogP contribution in [0.2, 0.25) is 0 Å². The summed E-state index contributed by atoms with van der Waals surface area (Å²) < 4.78 is 0. The highest BCUT2D eigenvalue weighted by Crippen LogP contribution is 2.26. The van der Waals surface area contributed by atoms with Gasteiger partial charge in [-0.3, -0.25) is 4.98 Å². The summed E-state index contributed by atoms with van der Waals surface area (Å²) in [5.41, 5.74) is 8.76. The third-order valence-electron chi connectivity index (χ3n) is 2.94. The van der Waals surface area contributed by atoms with Crippen LogP contribution in [0.1, 0.15) is 19.3 Å². The largest absolute Gasteiger partial charge is 0.396 e. The van der Waals surface area contributed by atoms with E-state index in [2.05, 4.69) is 10.3 Å². The van der Waals surface area contributed by atoms with Crippen LogP contribution in [0.5, 0.6) is 0 Å². The molecular formula is C14H18ClN3. The van der Waals surface area contributed by atoms with Crippen LogP contribution in [0.15, 0.2) is 30.5 Å². The van der Waals surface area contributed by atoms with Crippen LogP contribution in [0.3, 0.4) is 0 Å². The Bertz CT molecular complexity index is 513. The molecule has 0 saturated heterocycles. The van der Waals surface area contributed by atoms with Crippen molar-refractivity contribution in [2.75, 3.05) is 23.5 Å². The average Bonchev–Trinajstić information content (AvgIpc) is 2.41. The van der Waals surface area contributed by atoms with E-state index < -0.39 is 0 Å². The maximum atomic E-state index is 6.14. The molecule has 0 fully saturated rings. The number of halogens is 1. The van der Waals surface area contributed by atoms with Gasteiger partial charge in [-0.1, -0.05) is 24.6 Å². The van der Waals surface area contributed by atoms with Crippen LogP contribution in [0, 0.1) is 0 Å². The Morgan fingerprint density at radius 1 is 1.17 bits per heavy atom. The smallest absolute Gasteiger partial charge is 0.0767 e. The zero-order valence-corrected chi connectivity index (χ0v) is 11.1. The van der Waals surface area contributed by atoms with E-state index in [-0.39, 0.29) is 0 Å². The number of benzene rings is 1. The molecule has 1 heterocycles. The number of hydrogen-bond acceptors (Lipinski definition) is 3. The van der Waals surface area contributed by atoms with Crippen molar-refractivity contribution in [2.24, 2.45) is 0 Å². The second-order valence-electron chi connectivity index (χ2n) is 4.28. The van der Waals surface area contributed by atoms with Crippen molar-refractivity contribution in [1.29, 1.82) is 0 Å². The first-order valence-corrected chi connectivity index (χ1v) is 6.79. The van der Waals surface area contributed by atoms with E-state index in [1.54, 1.807) is 6.20 Å². The lowest BCUT2D eigenvalue weighted by molar-refractivity contribution is 0.747. The molecule has 4 heteroatoms. The van der Waals surface area contributed by atoms with Crippen LogP contribution in [-0.2, 0) is 0 Å². The molecule has 2 aromatic rings. The fourth-order valence-corrected chi connectivity index (χ4v) is 2.11. The van der Waals surface area contributed by atoms with E-state index in [9.17, 15) is 0 Å². The number of hydrogen-bond donors (Lipinski definition) is 2. The minimum absolute atomic E-state index is 0.736. The van der Waals surface area contributed by atoms with Gasteiger partial charge in [0.1, 0.15) is 0 Å². The Morgan fingerprint density at radius 2 is 2.00 bits per heavy atom. The van der Waals surface area contributed by atoms with Gasteiger partial charge in [0.25, 0.3) is 0 Å². The zero-order chi connectivity index (χ0) is 12.8. The molecule has 3 nitrogen and oxygen atoms in total. The first-order valence-electron chi connectivity index (χ1n) is 6.26. The molecule has 0 spiro atoms. The Labute approximate surface area is 112 Å². The summed E-state index contributed by atoms with van der Waals surface area (Å²) in [6.07, 6.45) is 5.10. The maximum Gasteiger partial charge on any atom is 0.0767 e. The summed E-state index contributed by atoms with van der Waals surface area (Å²) in [5.74, 6) is 0.736. The number of rotatable bonds is 6. The second-order valence-corrected chi connectivity index (χ2v) is 4.66. The molecule has 0 aliphatic rings. The number of anilines is 2. The summed E-state index contributed by atoms with van der Waals surface area (Å²) in [7, 11) is 0. The van der Waals surface area contributed by atoms with Gasteiger partial charge in [-0.2, -0.15) is 0 Å². The van der Waals surface area contributed by atoms with Crippen LogP contribution in [0.4, 0.5) is 11.4 Å². The lowest BCUT2D eigenvalue weighted by atomic mass is 10.1. The van der Waals surface area contributed by atoms with Gasteiger partial charge in [-0.05, 0) is 18.9 Å². The van der Waals surface area contributed by atoms with E-state index in [1.165, 1.54) is 0 Å². The minimum Gasteiger partial charge on any atom is -0.396 e. The van der Waals surface area contributed by atoms with E-state index in [0.29, 0.717) is 0 Å². The monoisotopic (exact) mass is 263 g/mol. The van der Waals surface area contributed by atoms with Gasteiger partial charge in [0, 0.05) is 17.8 Å². The molecule has 1 aromatic carbocycles. The number of pyridine rings is 1. The standard InChI is InChI=1S/C14H18ClN3/c15-8-4-1-5-9-17-13-10-18-12-7-3-2-6-11(12)14(13)16/h2-3,6-7,10,17H,1,4-5,8-9H2,(H2,16,18). The van der Waals surface area contributed by atoms with Crippen molar-refractivity contribution in [1.82, 2.24) is 4.98 Å². The van der Waals surface area contributed by atoms with E-state index in [0.717, 1.165) is 54.0 Å². The Balaban J connectivity index is 2.03. The van der Waals surface area contributed by atoms with E-state index in [1.807, 2.05) is 24.3 Å². The topological polar surface area (TPSA) is 50.9 Å². The summed E-state index contributed by atoms with van der Waals surface area (Å²) >= 11 is 5.64. The van der Waals surface area contributed by atoms with Gasteiger partial charge in [0.05, 0.1) is 23.1 Å². The number of para-hydroxylation sites is 1. The highest BCUT2D eigenvalue weighted by molar-refractivity contribution is 6.17. The Morgan fingerprint density at radius 3 is 2.83 bits per heavy atom. The molecule has 2 rings (SSSR count). The first-order chi connectivity index (χ1) is 8.83. The maximum absolute atomic E-state index is 6.14. The molecule has 1 aromatic heterocycles. The highest BCUT2D eigenvalue weighted by atomic mass is 35.5. The van der Waals surface area contributed by atoms with Crippen molar-refractivity contribution < 1.29 is 0 Å². The molecule has 0 bridgehead atoms. The Hall–Kier alpha value is -1.48. The SMILES string of the molecule is Nc1c(NCCCCCCl)cnc2ccccc12. The summed E-state index contributed by atoms with van der Waals surface area (Å²) in [6.45, 7) is 0.904. The van der Waals surface area contributed by atoms with Crippen LogP contribution < -0.4 is 11.1 Å². The molecule has 0 aliphatic carbocycles. The van der Waals surface area contributed by atoms with Crippen LogP contribution in [0.25, 0.3) is 10.9 Å². The molecule has 0 atom stereocenters. The number of alkyl halides is 1. The molecular weight excluding hydrogens is 246 g/mol. The number of nitrogens with one attached hydrogen (secondary N) is 1. The highest BCUT2D eigenvalue weighted by Gasteiger charge is 2.04. The van der Waals surface area contributed by atoms with E-state index >= 15 is 0 Å². The molecule has 18 heavy (non-hydrogen) atoms. The molecule has 0 radical (unpaired) electrons.